The highest BCUT2D eigenvalue weighted by molar-refractivity contribution is 7.25. The molecule has 0 aliphatic rings. The number of hydrogen-bond donors (Lipinski definition) is 0. The molecule has 0 aliphatic heterocycles. The van der Waals surface area contributed by atoms with Gasteiger partial charge in [0.25, 0.3) is 0 Å². The molecule has 0 saturated carbocycles. The van der Waals surface area contributed by atoms with Gasteiger partial charge < -0.3 is 0 Å². The average Bonchev–Trinajstić information content (AvgIpc) is 2.68. The van der Waals surface area contributed by atoms with Crippen LogP contribution in [0.4, 0.5) is 0 Å². The predicted molar refractivity (Wildman–Crippen MR) is 75.3 cm³/mol. The third-order valence-corrected chi connectivity index (χ3v) is 3.44. The van der Waals surface area contributed by atoms with Gasteiger partial charge in [-0.15, -0.1) is 11.3 Å². The molecule has 0 radical (unpaired) electrons. The number of hydrogen-bond acceptors (Lipinski definition) is 1. The van der Waals surface area contributed by atoms with Crippen molar-refractivity contribution in [2.75, 3.05) is 0 Å². The van der Waals surface area contributed by atoms with Gasteiger partial charge in [0.05, 0.1) is 0 Å². The second-order valence-electron chi connectivity index (χ2n) is 3.80. The summed E-state index contributed by atoms with van der Waals surface area (Å²) in [5.74, 6) is 0. The summed E-state index contributed by atoms with van der Waals surface area (Å²) in [6, 6.07) is 17.1. The van der Waals surface area contributed by atoms with Crippen LogP contribution in [0.15, 0.2) is 48.5 Å². The number of rotatable bonds is 0. The first kappa shape index (κ1) is 11.2. The van der Waals surface area contributed by atoms with Crippen LogP contribution >= 0.6 is 11.3 Å². The van der Waals surface area contributed by atoms with E-state index in [-0.39, 0.29) is 0 Å². The normalized spacial score (nSPS) is 10.1. The lowest BCUT2D eigenvalue weighted by Crippen LogP contribution is -1.62. The Labute approximate surface area is 101 Å². The zero-order chi connectivity index (χ0) is 11.4. The highest BCUT2D eigenvalue weighted by Gasteiger charge is 2.01. The van der Waals surface area contributed by atoms with Gasteiger partial charge in [0.2, 0.25) is 0 Å². The molecule has 0 unspecified atom stereocenters. The van der Waals surface area contributed by atoms with Crippen molar-refractivity contribution in [1.29, 1.82) is 0 Å². The van der Waals surface area contributed by atoms with E-state index < -0.39 is 0 Å². The molecule has 0 N–H and O–H groups in total. The molecule has 0 fully saturated rings. The molecule has 16 heavy (non-hydrogen) atoms. The van der Waals surface area contributed by atoms with Crippen LogP contribution in [0.1, 0.15) is 20.3 Å². The fourth-order valence-corrected chi connectivity index (χ4v) is 2.78. The summed E-state index contributed by atoms with van der Waals surface area (Å²) in [6.07, 6.45) is 1.25. The SMILES string of the molecule is CCC.c1ccc2c(c1)sc1ccccc12. The molecule has 0 nitrogen and oxygen atoms in total. The molecule has 0 spiro atoms. The van der Waals surface area contributed by atoms with Crippen molar-refractivity contribution in [2.45, 2.75) is 20.3 Å². The smallest absolute Gasteiger partial charge is 0.0355 e. The van der Waals surface area contributed by atoms with Crippen molar-refractivity contribution in [1.82, 2.24) is 0 Å². The molecule has 3 rings (SSSR count). The largest absolute Gasteiger partial charge is 0.135 e. The Morgan fingerprint density at radius 3 is 1.56 bits per heavy atom. The summed E-state index contributed by atoms with van der Waals surface area (Å²) >= 11 is 1.86. The van der Waals surface area contributed by atoms with Gasteiger partial charge in [0.15, 0.2) is 0 Å². The zero-order valence-corrected chi connectivity index (χ0v) is 10.6. The van der Waals surface area contributed by atoms with Crippen LogP contribution in [0, 0.1) is 0 Å². The molecule has 1 heterocycles. The molecular formula is C15H16S. The van der Waals surface area contributed by atoms with Crippen molar-refractivity contribution in [3.63, 3.8) is 0 Å². The number of thiophene rings is 1. The van der Waals surface area contributed by atoms with Gasteiger partial charge in [-0.2, -0.15) is 0 Å². The molecule has 1 aromatic heterocycles. The monoisotopic (exact) mass is 228 g/mol. The highest BCUT2D eigenvalue weighted by Crippen LogP contribution is 2.32. The van der Waals surface area contributed by atoms with E-state index in [0.29, 0.717) is 0 Å². The minimum absolute atomic E-state index is 1.25. The van der Waals surface area contributed by atoms with Gasteiger partial charge in [-0.1, -0.05) is 56.7 Å². The second kappa shape index (κ2) is 5.13. The van der Waals surface area contributed by atoms with Crippen LogP contribution in [0.5, 0.6) is 0 Å². The first-order valence-corrected chi connectivity index (χ1v) is 6.54. The Bertz CT molecular complexity index is 528. The van der Waals surface area contributed by atoms with E-state index in [4.69, 9.17) is 0 Å². The van der Waals surface area contributed by atoms with E-state index >= 15 is 0 Å². The molecule has 0 saturated heterocycles. The summed E-state index contributed by atoms with van der Waals surface area (Å²) in [5.41, 5.74) is 0. The standard InChI is InChI=1S/C12H8S.C3H8/c1-3-7-11-9(5-1)10-6-2-4-8-12(10)13-11;1-3-2/h1-8H;3H2,1-2H3. The molecule has 82 valence electrons. The van der Waals surface area contributed by atoms with E-state index in [9.17, 15) is 0 Å². The summed E-state index contributed by atoms with van der Waals surface area (Å²) in [6.45, 7) is 4.25. The third-order valence-electron chi connectivity index (χ3n) is 2.28. The van der Waals surface area contributed by atoms with E-state index in [1.54, 1.807) is 0 Å². The number of benzene rings is 2. The lowest BCUT2D eigenvalue weighted by molar-refractivity contribution is 1.09. The van der Waals surface area contributed by atoms with E-state index in [2.05, 4.69) is 62.4 Å². The van der Waals surface area contributed by atoms with Gasteiger partial charge in [-0.05, 0) is 12.1 Å². The van der Waals surface area contributed by atoms with Gasteiger partial charge in [-0.25, -0.2) is 0 Å². The van der Waals surface area contributed by atoms with Crippen LogP contribution in [0.25, 0.3) is 20.2 Å². The Hall–Kier alpha value is -1.34. The first-order chi connectivity index (χ1) is 7.86. The molecule has 1 heteroatoms. The average molecular weight is 228 g/mol. The fourth-order valence-electron chi connectivity index (χ4n) is 1.67. The van der Waals surface area contributed by atoms with Gasteiger partial charge in [0, 0.05) is 20.2 Å². The van der Waals surface area contributed by atoms with Crippen molar-refractivity contribution in [3.8, 4) is 0 Å². The summed E-state index contributed by atoms with van der Waals surface area (Å²) in [4.78, 5) is 0. The Morgan fingerprint density at radius 1 is 0.750 bits per heavy atom. The molecule has 0 atom stereocenters. The third kappa shape index (κ3) is 2.10. The molecule has 0 aliphatic carbocycles. The van der Waals surface area contributed by atoms with Crippen LogP contribution in [0.3, 0.4) is 0 Å². The van der Waals surface area contributed by atoms with Crippen LogP contribution in [0.2, 0.25) is 0 Å². The zero-order valence-electron chi connectivity index (χ0n) is 9.73. The van der Waals surface area contributed by atoms with Crippen molar-refractivity contribution >= 4 is 31.5 Å². The molecule has 3 aromatic rings. The Morgan fingerprint density at radius 2 is 1.12 bits per heavy atom. The lowest BCUT2D eigenvalue weighted by Gasteiger charge is -1.88. The summed E-state index contributed by atoms with van der Waals surface area (Å²) < 4.78 is 2.76. The maximum Gasteiger partial charge on any atom is 0.0355 e. The molecule has 0 bridgehead atoms. The van der Waals surface area contributed by atoms with E-state index in [1.165, 1.54) is 26.6 Å². The summed E-state index contributed by atoms with van der Waals surface area (Å²) in [5, 5.41) is 2.76. The van der Waals surface area contributed by atoms with Crippen LogP contribution < -0.4 is 0 Å². The maximum absolute atomic E-state index is 2.19. The van der Waals surface area contributed by atoms with Crippen LogP contribution in [-0.4, -0.2) is 0 Å². The van der Waals surface area contributed by atoms with Gasteiger partial charge >= 0.3 is 0 Å². The lowest BCUT2D eigenvalue weighted by atomic mass is 10.2. The molecule has 2 aromatic carbocycles. The first-order valence-electron chi connectivity index (χ1n) is 5.73. The second-order valence-corrected chi connectivity index (χ2v) is 4.89. The van der Waals surface area contributed by atoms with Crippen molar-refractivity contribution in [2.24, 2.45) is 0 Å². The minimum Gasteiger partial charge on any atom is -0.135 e. The van der Waals surface area contributed by atoms with Gasteiger partial charge in [0.1, 0.15) is 0 Å². The molecule has 0 amide bonds. The highest BCUT2D eigenvalue weighted by atomic mass is 32.1. The topological polar surface area (TPSA) is 0 Å². The Balaban J connectivity index is 0.000000292. The van der Waals surface area contributed by atoms with Crippen molar-refractivity contribution < 1.29 is 0 Å². The predicted octanol–water partition coefficient (Wildman–Crippen LogP) is 5.47. The van der Waals surface area contributed by atoms with E-state index in [0.717, 1.165) is 0 Å². The summed E-state index contributed by atoms with van der Waals surface area (Å²) in [7, 11) is 0. The quantitative estimate of drug-likeness (QED) is 0.478. The maximum atomic E-state index is 2.19. The van der Waals surface area contributed by atoms with E-state index in [1.807, 2.05) is 11.3 Å². The fraction of sp³-hybridized carbons (Fsp3) is 0.200. The number of fused-ring (bicyclic) bond motifs is 3. The van der Waals surface area contributed by atoms with Gasteiger partial charge in [-0.3, -0.25) is 0 Å². The Kier molecular flexibility index (Phi) is 3.58. The van der Waals surface area contributed by atoms with Crippen molar-refractivity contribution in [3.05, 3.63) is 48.5 Å². The van der Waals surface area contributed by atoms with Crippen LogP contribution in [-0.2, 0) is 0 Å². The minimum atomic E-state index is 1.25. The molecular weight excluding hydrogens is 212 g/mol.